The maximum absolute atomic E-state index is 12.2. The fourth-order valence-corrected chi connectivity index (χ4v) is 2.37. The van der Waals surface area contributed by atoms with Gasteiger partial charge in [-0.05, 0) is 62.4 Å². The molecule has 0 atom stereocenters. The lowest BCUT2D eigenvalue weighted by atomic mass is 10.1. The molecule has 0 aliphatic rings. The fourth-order valence-electron chi connectivity index (χ4n) is 1.98. The second-order valence-corrected chi connectivity index (χ2v) is 7.50. The van der Waals surface area contributed by atoms with Crippen molar-refractivity contribution in [2.24, 2.45) is 0 Å². The Labute approximate surface area is 175 Å². The molecule has 0 bridgehead atoms. The molecule has 148 valence electrons. The van der Waals surface area contributed by atoms with Crippen LogP contribution in [0.3, 0.4) is 0 Å². The zero-order valence-corrected chi connectivity index (χ0v) is 17.5. The van der Waals surface area contributed by atoms with Gasteiger partial charge in [-0.25, -0.2) is 4.79 Å². The number of carbonyl (C=O) groups is 3. The van der Waals surface area contributed by atoms with Crippen LogP contribution in [-0.4, -0.2) is 30.0 Å². The van der Waals surface area contributed by atoms with Crippen molar-refractivity contribution in [3.63, 3.8) is 0 Å². The third kappa shape index (κ3) is 6.54. The Morgan fingerprint density at radius 2 is 1.61 bits per heavy atom. The molecule has 0 unspecified atom stereocenters. The molecule has 7 nitrogen and oxygen atoms in total. The van der Waals surface area contributed by atoms with Crippen molar-refractivity contribution in [1.29, 1.82) is 0 Å². The Balaban J connectivity index is 1.79. The SMILES string of the molecule is CC(C)(Oc1ccc(Cl)cc1)C(=O)OCC(=O)NNC(=O)c1ccc(Br)cc1. The van der Waals surface area contributed by atoms with E-state index < -0.39 is 30.0 Å². The predicted octanol–water partition coefficient (Wildman–Crippen LogP) is 3.26. The van der Waals surface area contributed by atoms with Crippen LogP contribution in [0.5, 0.6) is 5.75 Å². The van der Waals surface area contributed by atoms with E-state index >= 15 is 0 Å². The number of nitrogens with one attached hydrogen (secondary N) is 2. The van der Waals surface area contributed by atoms with Crippen LogP contribution in [0.15, 0.2) is 53.0 Å². The molecule has 2 aromatic carbocycles. The number of benzene rings is 2. The smallest absolute Gasteiger partial charge is 0.350 e. The highest BCUT2D eigenvalue weighted by molar-refractivity contribution is 9.10. The second kappa shape index (κ2) is 9.57. The first kappa shape index (κ1) is 21.7. The summed E-state index contributed by atoms with van der Waals surface area (Å²) in [5.41, 5.74) is 3.45. The van der Waals surface area contributed by atoms with Crippen molar-refractivity contribution in [3.8, 4) is 5.75 Å². The quantitative estimate of drug-likeness (QED) is 0.500. The number of halogens is 2. The number of esters is 1. The third-order valence-electron chi connectivity index (χ3n) is 3.43. The molecule has 0 radical (unpaired) electrons. The molecule has 2 rings (SSSR count). The van der Waals surface area contributed by atoms with Gasteiger partial charge in [0.15, 0.2) is 12.2 Å². The van der Waals surface area contributed by atoms with Crippen LogP contribution in [0.25, 0.3) is 0 Å². The van der Waals surface area contributed by atoms with Gasteiger partial charge in [-0.15, -0.1) is 0 Å². The van der Waals surface area contributed by atoms with Crippen LogP contribution >= 0.6 is 27.5 Å². The summed E-state index contributed by atoms with van der Waals surface area (Å²) in [5, 5.41) is 0.537. The number of amides is 2. The maximum Gasteiger partial charge on any atom is 0.350 e. The van der Waals surface area contributed by atoms with Gasteiger partial charge in [-0.3, -0.25) is 20.4 Å². The predicted molar refractivity (Wildman–Crippen MR) is 107 cm³/mol. The molecule has 2 N–H and O–H groups in total. The normalized spacial score (nSPS) is 10.7. The van der Waals surface area contributed by atoms with Crippen molar-refractivity contribution in [1.82, 2.24) is 10.9 Å². The van der Waals surface area contributed by atoms with Gasteiger partial charge in [-0.1, -0.05) is 27.5 Å². The Bertz CT molecular complexity index is 854. The van der Waals surface area contributed by atoms with E-state index in [2.05, 4.69) is 26.8 Å². The lowest BCUT2D eigenvalue weighted by Crippen LogP contribution is -2.45. The largest absolute Gasteiger partial charge is 0.476 e. The molecule has 0 saturated carbocycles. The first-order valence-electron chi connectivity index (χ1n) is 8.14. The first-order chi connectivity index (χ1) is 13.2. The molecule has 0 aliphatic heterocycles. The van der Waals surface area contributed by atoms with Crippen LogP contribution in [0.4, 0.5) is 0 Å². The van der Waals surface area contributed by atoms with E-state index in [0.29, 0.717) is 16.3 Å². The molecule has 0 spiro atoms. The third-order valence-corrected chi connectivity index (χ3v) is 4.22. The number of hydrogen-bond acceptors (Lipinski definition) is 5. The Morgan fingerprint density at radius 3 is 2.21 bits per heavy atom. The van der Waals surface area contributed by atoms with E-state index in [9.17, 15) is 14.4 Å². The average molecular weight is 470 g/mol. The summed E-state index contributed by atoms with van der Waals surface area (Å²) in [6.07, 6.45) is 0. The Morgan fingerprint density at radius 1 is 1.00 bits per heavy atom. The zero-order chi connectivity index (χ0) is 20.7. The van der Waals surface area contributed by atoms with Crippen molar-refractivity contribution < 1.29 is 23.9 Å². The molecule has 0 aliphatic carbocycles. The van der Waals surface area contributed by atoms with Gasteiger partial charge in [0.05, 0.1) is 0 Å². The van der Waals surface area contributed by atoms with Gasteiger partial charge in [0.2, 0.25) is 0 Å². The minimum Gasteiger partial charge on any atom is -0.476 e. The van der Waals surface area contributed by atoms with Gasteiger partial charge in [0.25, 0.3) is 11.8 Å². The van der Waals surface area contributed by atoms with E-state index in [1.165, 1.54) is 13.8 Å². The molecule has 0 saturated heterocycles. The summed E-state index contributed by atoms with van der Waals surface area (Å²) < 4.78 is 11.4. The molecule has 0 heterocycles. The van der Waals surface area contributed by atoms with E-state index in [-0.39, 0.29) is 0 Å². The van der Waals surface area contributed by atoms with Gasteiger partial charge >= 0.3 is 5.97 Å². The number of carbonyl (C=O) groups excluding carboxylic acids is 3. The highest BCUT2D eigenvalue weighted by Crippen LogP contribution is 2.21. The molecule has 2 aromatic rings. The van der Waals surface area contributed by atoms with Crippen molar-refractivity contribution in [2.75, 3.05) is 6.61 Å². The summed E-state index contributed by atoms with van der Waals surface area (Å²) in [6, 6.07) is 13.0. The number of rotatable bonds is 6. The number of hydrogen-bond donors (Lipinski definition) is 2. The molecular weight excluding hydrogens is 452 g/mol. The minimum atomic E-state index is -1.32. The lowest BCUT2D eigenvalue weighted by Gasteiger charge is -2.24. The van der Waals surface area contributed by atoms with Crippen molar-refractivity contribution in [3.05, 3.63) is 63.6 Å². The Kier molecular flexibility index (Phi) is 7.42. The van der Waals surface area contributed by atoms with Crippen LogP contribution in [-0.2, 0) is 14.3 Å². The average Bonchev–Trinajstić information content (AvgIpc) is 2.66. The molecule has 0 aromatic heterocycles. The van der Waals surface area contributed by atoms with E-state index in [1.54, 1.807) is 48.5 Å². The molecule has 2 amide bonds. The van der Waals surface area contributed by atoms with Crippen molar-refractivity contribution >= 4 is 45.3 Å². The maximum atomic E-state index is 12.2. The van der Waals surface area contributed by atoms with Crippen molar-refractivity contribution in [2.45, 2.75) is 19.4 Å². The van der Waals surface area contributed by atoms with Gasteiger partial charge < -0.3 is 9.47 Å². The zero-order valence-electron chi connectivity index (χ0n) is 15.1. The lowest BCUT2D eigenvalue weighted by molar-refractivity contribution is -0.162. The molecule has 0 fully saturated rings. The summed E-state index contributed by atoms with van der Waals surface area (Å²) in [6.45, 7) is 2.45. The summed E-state index contributed by atoms with van der Waals surface area (Å²) in [4.78, 5) is 35.9. The molecular formula is C19H18BrClN2O5. The van der Waals surface area contributed by atoms with Crippen LogP contribution in [0.1, 0.15) is 24.2 Å². The van der Waals surface area contributed by atoms with E-state index in [4.69, 9.17) is 21.1 Å². The van der Waals surface area contributed by atoms with Gasteiger partial charge in [0.1, 0.15) is 5.75 Å². The van der Waals surface area contributed by atoms with Gasteiger partial charge in [-0.2, -0.15) is 0 Å². The topological polar surface area (TPSA) is 93.7 Å². The number of ether oxygens (including phenoxy) is 2. The van der Waals surface area contributed by atoms with Crippen LogP contribution in [0.2, 0.25) is 5.02 Å². The van der Waals surface area contributed by atoms with Crippen LogP contribution in [0, 0.1) is 0 Å². The highest BCUT2D eigenvalue weighted by Gasteiger charge is 2.32. The highest BCUT2D eigenvalue weighted by atomic mass is 79.9. The standard InChI is InChI=1S/C19H18BrClN2O5/c1-19(2,28-15-9-7-14(21)8-10-15)18(26)27-11-16(24)22-23-17(25)12-3-5-13(20)6-4-12/h3-10H,11H2,1-2H3,(H,22,24)(H,23,25). The fraction of sp³-hybridized carbons (Fsp3) is 0.211. The summed E-state index contributed by atoms with van der Waals surface area (Å²) >= 11 is 9.07. The first-order valence-corrected chi connectivity index (χ1v) is 9.31. The minimum absolute atomic E-state index is 0.359. The monoisotopic (exact) mass is 468 g/mol. The van der Waals surface area contributed by atoms with E-state index in [1.807, 2.05) is 0 Å². The van der Waals surface area contributed by atoms with Crippen LogP contribution < -0.4 is 15.6 Å². The molecule has 28 heavy (non-hydrogen) atoms. The van der Waals surface area contributed by atoms with E-state index in [0.717, 1.165) is 4.47 Å². The second-order valence-electron chi connectivity index (χ2n) is 6.15. The Hall–Kier alpha value is -2.58. The summed E-state index contributed by atoms with van der Waals surface area (Å²) in [5.74, 6) is -1.51. The van der Waals surface area contributed by atoms with Gasteiger partial charge in [0, 0.05) is 15.1 Å². The number of hydrazine groups is 1. The molecule has 9 heteroatoms. The summed E-state index contributed by atoms with van der Waals surface area (Å²) in [7, 11) is 0.